The van der Waals surface area contributed by atoms with Gasteiger partial charge in [-0.2, -0.15) is 0 Å². The predicted molar refractivity (Wildman–Crippen MR) is 99.7 cm³/mol. The SMILES string of the molecule is CN(C(=O)c1ccc(-c2ccc3c(c2)OCCO3)s1)C1CCCCC1. The smallest absolute Gasteiger partial charge is 0.263 e. The summed E-state index contributed by atoms with van der Waals surface area (Å²) in [5.41, 5.74) is 1.06. The Morgan fingerprint density at radius 3 is 2.60 bits per heavy atom. The Balaban J connectivity index is 1.52. The van der Waals surface area contributed by atoms with Crippen LogP contribution in [0.2, 0.25) is 0 Å². The minimum absolute atomic E-state index is 0.140. The molecule has 4 nitrogen and oxygen atoms in total. The Kier molecular flexibility index (Phi) is 4.66. The summed E-state index contributed by atoms with van der Waals surface area (Å²) in [6.07, 6.45) is 6.02. The van der Waals surface area contributed by atoms with Gasteiger partial charge in [-0.3, -0.25) is 4.79 Å². The molecule has 2 aromatic rings. The molecule has 0 bridgehead atoms. The number of hydrogen-bond acceptors (Lipinski definition) is 4. The van der Waals surface area contributed by atoms with Crippen molar-refractivity contribution in [1.82, 2.24) is 4.90 Å². The first-order valence-corrected chi connectivity index (χ1v) is 9.81. The van der Waals surface area contributed by atoms with Crippen molar-refractivity contribution >= 4 is 17.2 Å². The number of rotatable bonds is 3. The van der Waals surface area contributed by atoms with Crippen molar-refractivity contribution in [2.45, 2.75) is 38.1 Å². The van der Waals surface area contributed by atoms with E-state index in [1.807, 2.05) is 42.3 Å². The van der Waals surface area contributed by atoms with E-state index in [1.165, 1.54) is 19.3 Å². The quantitative estimate of drug-likeness (QED) is 0.806. The molecule has 5 heteroatoms. The molecular weight excluding hydrogens is 334 g/mol. The molecule has 4 rings (SSSR count). The van der Waals surface area contributed by atoms with Crippen molar-refractivity contribution in [2.75, 3.05) is 20.3 Å². The van der Waals surface area contributed by atoms with Gasteiger partial charge < -0.3 is 14.4 Å². The van der Waals surface area contributed by atoms with Gasteiger partial charge in [0, 0.05) is 18.0 Å². The molecule has 1 aliphatic carbocycles. The minimum Gasteiger partial charge on any atom is -0.486 e. The summed E-state index contributed by atoms with van der Waals surface area (Å²) in [5, 5.41) is 0. The number of carbonyl (C=O) groups excluding carboxylic acids is 1. The van der Waals surface area contributed by atoms with Crippen LogP contribution in [0.1, 0.15) is 41.8 Å². The molecule has 1 amide bonds. The number of hydrogen-bond donors (Lipinski definition) is 0. The number of amides is 1. The normalized spacial score (nSPS) is 17.3. The third kappa shape index (κ3) is 3.38. The number of thiophene rings is 1. The first-order chi connectivity index (χ1) is 12.2. The summed E-state index contributed by atoms with van der Waals surface area (Å²) in [5.74, 6) is 1.71. The van der Waals surface area contributed by atoms with E-state index in [9.17, 15) is 4.79 Å². The molecule has 0 unspecified atom stereocenters. The number of nitrogens with zero attached hydrogens (tertiary/aromatic N) is 1. The molecule has 1 aromatic carbocycles. The van der Waals surface area contributed by atoms with Gasteiger partial charge in [0.25, 0.3) is 5.91 Å². The molecule has 25 heavy (non-hydrogen) atoms. The van der Waals surface area contributed by atoms with Crippen molar-refractivity contribution in [2.24, 2.45) is 0 Å². The fourth-order valence-electron chi connectivity index (χ4n) is 3.61. The van der Waals surface area contributed by atoms with Gasteiger partial charge in [0.1, 0.15) is 13.2 Å². The Bertz CT molecular complexity index is 764. The van der Waals surface area contributed by atoms with E-state index in [2.05, 4.69) is 0 Å². The lowest BCUT2D eigenvalue weighted by atomic mass is 9.94. The van der Waals surface area contributed by atoms with E-state index >= 15 is 0 Å². The Labute approximate surface area is 152 Å². The number of benzene rings is 1. The first-order valence-electron chi connectivity index (χ1n) is 8.99. The molecule has 132 valence electrons. The van der Waals surface area contributed by atoms with Crippen LogP contribution in [-0.4, -0.2) is 37.1 Å². The maximum Gasteiger partial charge on any atom is 0.263 e. The van der Waals surface area contributed by atoms with Crippen molar-refractivity contribution < 1.29 is 14.3 Å². The molecule has 1 saturated carbocycles. The van der Waals surface area contributed by atoms with E-state index in [1.54, 1.807) is 11.3 Å². The second-order valence-corrected chi connectivity index (χ2v) is 7.81. The highest BCUT2D eigenvalue weighted by Crippen LogP contribution is 2.37. The second kappa shape index (κ2) is 7.08. The number of fused-ring (bicyclic) bond motifs is 1. The van der Waals surface area contributed by atoms with Crippen molar-refractivity contribution in [3.63, 3.8) is 0 Å². The van der Waals surface area contributed by atoms with E-state index < -0.39 is 0 Å². The fourth-order valence-corrected chi connectivity index (χ4v) is 4.60. The Morgan fingerprint density at radius 1 is 1.04 bits per heavy atom. The van der Waals surface area contributed by atoms with Crippen molar-refractivity contribution in [3.8, 4) is 21.9 Å². The fraction of sp³-hybridized carbons (Fsp3) is 0.450. The van der Waals surface area contributed by atoms with Crippen molar-refractivity contribution in [3.05, 3.63) is 35.2 Å². The third-order valence-corrected chi connectivity index (χ3v) is 6.21. The lowest BCUT2D eigenvalue weighted by Gasteiger charge is -2.30. The highest BCUT2D eigenvalue weighted by Gasteiger charge is 2.24. The van der Waals surface area contributed by atoms with E-state index in [4.69, 9.17) is 9.47 Å². The summed E-state index contributed by atoms with van der Waals surface area (Å²) in [7, 11) is 1.95. The lowest BCUT2D eigenvalue weighted by Crippen LogP contribution is -2.37. The zero-order chi connectivity index (χ0) is 17.2. The maximum atomic E-state index is 12.8. The first kappa shape index (κ1) is 16.5. The van der Waals surface area contributed by atoms with Gasteiger partial charge in [-0.05, 0) is 48.7 Å². The average Bonchev–Trinajstić information content (AvgIpc) is 3.17. The molecule has 2 heterocycles. The third-order valence-electron chi connectivity index (χ3n) is 5.09. The van der Waals surface area contributed by atoms with Gasteiger partial charge in [0.05, 0.1) is 4.88 Å². The molecule has 0 atom stereocenters. The summed E-state index contributed by atoms with van der Waals surface area (Å²) in [6, 6.07) is 10.3. The molecule has 0 N–H and O–H groups in total. The number of carbonyl (C=O) groups is 1. The zero-order valence-corrected chi connectivity index (χ0v) is 15.3. The lowest BCUT2D eigenvalue weighted by molar-refractivity contribution is 0.0701. The topological polar surface area (TPSA) is 38.8 Å². The van der Waals surface area contributed by atoms with Crippen molar-refractivity contribution in [1.29, 1.82) is 0 Å². The molecule has 1 aliphatic heterocycles. The van der Waals surface area contributed by atoms with Crippen LogP contribution in [0.15, 0.2) is 30.3 Å². The summed E-state index contributed by atoms with van der Waals surface area (Å²) in [6.45, 7) is 1.17. The summed E-state index contributed by atoms with van der Waals surface area (Å²) in [4.78, 5) is 16.6. The maximum absolute atomic E-state index is 12.8. The Morgan fingerprint density at radius 2 is 1.80 bits per heavy atom. The monoisotopic (exact) mass is 357 g/mol. The highest BCUT2D eigenvalue weighted by atomic mass is 32.1. The van der Waals surface area contributed by atoms with Gasteiger partial charge in [-0.1, -0.05) is 19.3 Å². The van der Waals surface area contributed by atoms with Crippen LogP contribution in [0, 0.1) is 0 Å². The zero-order valence-electron chi connectivity index (χ0n) is 14.5. The summed E-state index contributed by atoms with van der Waals surface area (Å²) >= 11 is 1.55. The molecule has 0 spiro atoms. The molecule has 0 saturated heterocycles. The van der Waals surface area contributed by atoms with Gasteiger partial charge >= 0.3 is 0 Å². The summed E-state index contributed by atoms with van der Waals surface area (Å²) < 4.78 is 11.2. The van der Waals surface area contributed by atoms with Gasteiger partial charge in [0.15, 0.2) is 11.5 Å². The van der Waals surface area contributed by atoms with Gasteiger partial charge in [0.2, 0.25) is 0 Å². The largest absolute Gasteiger partial charge is 0.486 e. The van der Waals surface area contributed by atoms with Crippen LogP contribution < -0.4 is 9.47 Å². The highest BCUT2D eigenvalue weighted by molar-refractivity contribution is 7.17. The van der Waals surface area contributed by atoms with E-state index in [0.29, 0.717) is 19.3 Å². The second-order valence-electron chi connectivity index (χ2n) is 6.73. The molecule has 1 fully saturated rings. The molecule has 2 aliphatic rings. The number of ether oxygens (including phenoxy) is 2. The molecule has 1 aromatic heterocycles. The predicted octanol–water partition coefficient (Wildman–Crippen LogP) is 4.59. The average molecular weight is 357 g/mol. The van der Waals surface area contributed by atoms with Crippen LogP contribution in [-0.2, 0) is 0 Å². The van der Waals surface area contributed by atoms with Crippen LogP contribution in [0.3, 0.4) is 0 Å². The van der Waals surface area contributed by atoms with E-state index in [0.717, 1.165) is 39.7 Å². The minimum atomic E-state index is 0.140. The van der Waals surface area contributed by atoms with Crippen LogP contribution >= 0.6 is 11.3 Å². The van der Waals surface area contributed by atoms with Crippen LogP contribution in [0.4, 0.5) is 0 Å². The van der Waals surface area contributed by atoms with E-state index in [-0.39, 0.29) is 5.91 Å². The van der Waals surface area contributed by atoms with Crippen LogP contribution in [0.25, 0.3) is 10.4 Å². The van der Waals surface area contributed by atoms with Crippen LogP contribution in [0.5, 0.6) is 11.5 Å². The molecule has 0 radical (unpaired) electrons. The van der Waals surface area contributed by atoms with Gasteiger partial charge in [-0.25, -0.2) is 0 Å². The van der Waals surface area contributed by atoms with Gasteiger partial charge in [-0.15, -0.1) is 11.3 Å². The molecular formula is C20H23NO3S. The Hall–Kier alpha value is -2.01. The standard InChI is InChI=1S/C20H23NO3S/c1-21(15-5-3-2-4-6-15)20(22)19-10-9-18(25-19)14-7-8-16-17(13-14)24-12-11-23-16/h7-10,13,15H,2-6,11-12H2,1H3.